The zero-order chi connectivity index (χ0) is 20.8. The maximum Gasteiger partial charge on any atom is 0.417 e. The molecule has 10 heteroatoms. The van der Waals surface area contributed by atoms with Crippen molar-refractivity contribution in [2.24, 2.45) is 0 Å². The quantitative estimate of drug-likeness (QED) is 0.648. The molecule has 0 spiro atoms. The van der Waals surface area contributed by atoms with Crippen molar-refractivity contribution >= 4 is 15.9 Å². The average Bonchev–Trinajstić information content (AvgIpc) is 2.65. The van der Waals surface area contributed by atoms with Gasteiger partial charge >= 0.3 is 6.18 Å². The summed E-state index contributed by atoms with van der Waals surface area (Å²) in [4.78, 5) is 12.0. The van der Waals surface area contributed by atoms with Gasteiger partial charge in [-0.3, -0.25) is 4.79 Å². The molecule has 0 aliphatic carbocycles. The molecule has 0 saturated heterocycles. The number of benzene rings is 2. The monoisotopic (exact) mass is 416 g/mol. The summed E-state index contributed by atoms with van der Waals surface area (Å²) in [5.74, 6) is -0.412. The molecule has 0 aliphatic heterocycles. The first-order valence-electron chi connectivity index (χ1n) is 8.32. The van der Waals surface area contributed by atoms with Crippen LogP contribution in [0.5, 0.6) is 5.75 Å². The van der Waals surface area contributed by atoms with Gasteiger partial charge in [0, 0.05) is 13.1 Å². The van der Waals surface area contributed by atoms with Crippen LogP contribution in [0.1, 0.15) is 22.8 Å². The highest BCUT2D eigenvalue weighted by Gasteiger charge is 2.34. The van der Waals surface area contributed by atoms with E-state index in [2.05, 4.69) is 10.0 Å². The molecular weight excluding hydrogens is 397 g/mol. The third-order valence-electron chi connectivity index (χ3n) is 3.62. The predicted octanol–water partition coefficient (Wildman–Crippen LogP) is 2.81. The highest BCUT2D eigenvalue weighted by Crippen LogP contribution is 2.31. The molecule has 152 valence electrons. The molecule has 0 unspecified atom stereocenters. The topological polar surface area (TPSA) is 84.5 Å². The number of ether oxygens (including phenoxy) is 1. The third-order valence-corrected chi connectivity index (χ3v) is 5.10. The van der Waals surface area contributed by atoms with Gasteiger partial charge in [0.2, 0.25) is 10.0 Å². The molecule has 28 heavy (non-hydrogen) atoms. The van der Waals surface area contributed by atoms with Gasteiger partial charge in [-0.2, -0.15) is 13.2 Å². The molecule has 0 saturated carbocycles. The molecule has 2 aromatic carbocycles. The van der Waals surface area contributed by atoms with Crippen LogP contribution in [0, 0.1) is 0 Å². The van der Waals surface area contributed by atoms with Crippen LogP contribution in [0.15, 0.2) is 53.4 Å². The largest absolute Gasteiger partial charge is 0.494 e. The molecule has 0 aromatic heterocycles. The summed E-state index contributed by atoms with van der Waals surface area (Å²) in [5, 5.41) is 2.28. The Morgan fingerprint density at radius 3 is 2.29 bits per heavy atom. The second-order valence-electron chi connectivity index (χ2n) is 5.60. The maximum absolute atomic E-state index is 12.9. The van der Waals surface area contributed by atoms with Crippen LogP contribution in [0.4, 0.5) is 13.2 Å². The molecule has 0 fully saturated rings. The number of alkyl halides is 3. The lowest BCUT2D eigenvalue weighted by molar-refractivity contribution is -0.137. The van der Waals surface area contributed by atoms with Gasteiger partial charge in [0.15, 0.2) is 0 Å². The normalized spacial score (nSPS) is 11.9. The molecule has 2 N–H and O–H groups in total. The SMILES string of the molecule is CCOc1ccc(S(=O)(=O)NCCNC(=O)c2ccccc2C(F)(F)F)cc1. The lowest BCUT2D eigenvalue weighted by Crippen LogP contribution is -2.35. The van der Waals surface area contributed by atoms with Gasteiger partial charge in [-0.05, 0) is 43.3 Å². The summed E-state index contributed by atoms with van der Waals surface area (Å²) in [6.07, 6.45) is -4.66. The maximum atomic E-state index is 12.9. The Bertz CT molecular complexity index is 913. The summed E-state index contributed by atoms with van der Waals surface area (Å²) >= 11 is 0. The average molecular weight is 416 g/mol. The van der Waals surface area contributed by atoms with E-state index in [1.54, 1.807) is 6.92 Å². The van der Waals surface area contributed by atoms with Gasteiger partial charge in [0.1, 0.15) is 5.75 Å². The molecule has 2 aromatic rings. The van der Waals surface area contributed by atoms with Crippen LogP contribution < -0.4 is 14.8 Å². The van der Waals surface area contributed by atoms with E-state index in [1.165, 1.54) is 36.4 Å². The Balaban J connectivity index is 1.92. The summed E-state index contributed by atoms with van der Waals surface area (Å²) < 4.78 is 70.7. The van der Waals surface area contributed by atoms with E-state index in [1.807, 2.05) is 0 Å². The van der Waals surface area contributed by atoms with E-state index >= 15 is 0 Å². The lowest BCUT2D eigenvalue weighted by Gasteiger charge is -2.13. The van der Waals surface area contributed by atoms with Gasteiger partial charge in [0.05, 0.1) is 22.6 Å². The zero-order valence-corrected chi connectivity index (χ0v) is 15.7. The Labute approximate surface area is 160 Å². The lowest BCUT2D eigenvalue weighted by atomic mass is 10.1. The van der Waals surface area contributed by atoms with Crippen molar-refractivity contribution in [2.45, 2.75) is 18.0 Å². The van der Waals surface area contributed by atoms with Gasteiger partial charge in [-0.25, -0.2) is 13.1 Å². The van der Waals surface area contributed by atoms with Crippen LogP contribution in [-0.4, -0.2) is 34.0 Å². The summed E-state index contributed by atoms with van der Waals surface area (Å²) in [7, 11) is -3.82. The van der Waals surface area contributed by atoms with Crippen LogP contribution >= 0.6 is 0 Å². The van der Waals surface area contributed by atoms with Crippen LogP contribution in [0.3, 0.4) is 0 Å². The van der Waals surface area contributed by atoms with Crippen LogP contribution in [-0.2, 0) is 16.2 Å². The van der Waals surface area contributed by atoms with Gasteiger partial charge in [-0.15, -0.1) is 0 Å². The molecule has 0 bridgehead atoms. The molecule has 0 radical (unpaired) electrons. The van der Waals surface area contributed by atoms with Crippen molar-refractivity contribution in [3.05, 3.63) is 59.7 Å². The highest BCUT2D eigenvalue weighted by atomic mass is 32.2. The number of sulfonamides is 1. The van der Waals surface area contributed by atoms with E-state index in [-0.39, 0.29) is 18.0 Å². The summed E-state index contributed by atoms with van der Waals surface area (Å²) in [6, 6.07) is 10.1. The predicted molar refractivity (Wildman–Crippen MR) is 96.6 cm³/mol. The number of rotatable bonds is 8. The first-order valence-corrected chi connectivity index (χ1v) is 9.80. The third kappa shape index (κ3) is 5.70. The van der Waals surface area contributed by atoms with Crippen LogP contribution in [0.25, 0.3) is 0 Å². The Kier molecular flexibility index (Phi) is 7.03. The molecular formula is C18H19F3N2O4S. The number of amides is 1. The minimum Gasteiger partial charge on any atom is -0.494 e. The van der Waals surface area contributed by atoms with E-state index in [9.17, 15) is 26.4 Å². The Hall–Kier alpha value is -2.59. The number of hydrogen-bond acceptors (Lipinski definition) is 4. The Morgan fingerprint density at radius 2 is 1.68 bits per heavy atom. The first-order chi connectivity index (χ1) is 13.1. The number of halogens is 3. The van der Waals surface area contributed by atoms with Gasteiger partial charge in [0.25, 0.3) is 5.91 Å². The highest BCUT2D eigenvalue weighted by molar-refractivity contribution is 7.89. The molecule has 0 heterocycles. The van der Waals surface area contributed by atoms with Crippen molar-refractivity contribution in [2.75, 3.05) is 19.7 Å². The number of nitrogens with one attached hydrogen (secondary N) is 2. The van der Waals surface area contributed by atoms with Crippen molar-refractivity contribution in [3.8, 4) is 5.75 Å². The van der Waals surface area contributed by atoms with Gasteiger partial charge in [-0.1, -0.05) is 12.1 Å². The molecule has 0 atom stereocenters. The number of hydrogen-bond donors (Lipinski definition) is 2. The van der Waals surface area contributed by atoms with Gasteiger partial charge < -0.3 is 10.1 Å². The first kappa shape index (κ1) is 21.7. The van der Waals surface area contributed by atoms with Crippen molar-refractivity contribution in [1.29, 1.82) is 0 Å². The fraction of sp³-hybridized carbons (Fsp3) is 0.278. The fourth-order valence-corrected chi connectivity index (χ4v) is 3.38. The Morgan fingerprint density at radius 1 is 1.04 bits per heavy atom. The standard InChI is InChI=1S/C18H19F3N2O4S/c1-2-27-13-7-9-14(10-8-13)28(25,26)23-12-11-22-17(24)15-5-3-4-6-16(15)18(19,20)21/h3-10,23H,2,11-12H2,1H3,(H,22,24). The van der Waals surface area contributed by atoms with Crippen LogP contribution in [0.2, 0.25) is 0 Å². The molecule has 6 nitrogen and oxygen atoms in total. The second-order valence-corrected chi connectivity index (χ2v) is 7.37. The van der Waals surface area contributed by atoms with Crippen molar-refractivity contribution in [3.63, 3.8) is 0 Å². The fourth-order valence-electron chi connectivity index (χ4n) is 2.35. The molecule has 2 rings (SSSR count). The zero-order valence-electron chi connectivity index (χ0n) is 14.9. The summed E-state index contributed by atoms with van der Waals surface area (Å²) in [6.45, 7) is 1.88. The number of carbonyl (C=O) groups excluding carboxylic acids is 1. The smallest absolute Gasteiger partial charge is 0.417 e. The van der Waals surface area contributed by atoms with E-state index in [0.29, 0.717) is 12.4 Å². The van der Waals surface area contributed by atoms with E-state index in [4.69, 9.17) is 4.74 Å². The van der Waals surface area contributed by atoms with Crippen molar-refractivity contribution < 1.29 is 31.1 Å². The minimum absolute atomic E-state index is 0.00435. The van der Waals surface area contributed by atoms with E-state index in [0.717, 1.165) is 12.1 Å². The summed E-state index contributed by atoms with van der Waals surface area (Å²) in [5.41, 5.74) is -1.58. The van der Waals surface area contributed by atoms with Crippen molar-refractivity contribution in [1.82, 2.24) is 10.0 Å². The number of carbonyl (C=O) groups is 1. The second kappa shape index (κ2) is 9.07. The molecule has 1 amide bonds. The minimum atomic E-state index is -4.66. The van der Waals surface area contributed by atoms with E-state index < -0.39 is 33.2 Å². The molecule has 0 aliphatic rings.